The van der Waals surface area contributed by atoms with Gasteiger partial charge in [-0.25, -0.2) is 0 Å². The lowest BCUT2D eigenvalue weighted by atomic mass is 10.1. The summed E-state index contributed by atoms with van der Waals surface area (Å²) in [6.45, 7) is 3.17. The average Bonchev–Trinajstić information content (AvgIpc) is 3.09. The molecule has 0 aliphatic heterocycles. The first-order chi connectivity index (χ1) is 9.83. The van der Waals surface area contributed by atoms with Crippen molar-refractivity contribution < 1.29 is 4.42 Å². The normalized spacial score (nSPS) is 12.8. The van der Waals surface area contributed by atoms with Gasteiger partial charge >= 0.3 is 0 Å². The zero-order chi connectivity index (χ0) is 13.8. The van der Waals surface area contributed by atoms with Crippen molar-refractivity contribution in [1.82, 2.24) is 10.3 Å². The fourth-order valence-electron chi connectivity index (χ4n) is 2.59. The molecule has 2 heterocycles. The summed E-state index contributed by atoms with van der Waals surface area (Å²) in [6.07, 6.45) is 5.81. The zero-order valence-electron chi connectivity index (χ0n) is 11.7. The van der Waals surface area contributed by atoms with E-state index in [0.717, 1.165) is 25.1 Å². The first-order valence-electron chi connectivity index (χ1n) is 7.13. The molecule has 0 saturated heterocycles. The van der Waals surface area contributed by atoms with E-state index in [4.69, 9.17) is 4.42 Å². The number of nitrogens with one attached hydrogen (secondary N) is 2. The van der Waals surface area contributed by atoms with Crippen LogP contribution in [-0.2, 0) is 12.8 Å². The Balaban J connectivity index is 1.52. The molecule has 0 aliphatic carbocycles. The Morgan fingerprint density at radius 1 is 1.20 bits per heavy atom. The quantitative estimate of drug-likeness (QED) is 0.718. The summed E-state index contributed by atoms with van der Waals surface area (Å²) in [5.74, 6) is 1.04. The summed E-state index contributed by atoms with van der Waals surface area (Å²) in [7, 11) is 0. The highest BCUT2D eigenvalue weighted by atomic mass is 16.3. The third-order valence-corrected chi connectivity index (χ3v) is 3.65. The molecule has 3 heteroatoms. The fraction of sp³-hybridized carbons (Fsp3) is 0.294. The van der Waals surface area contributed by atoms with Crippen molar-refractivity contribution in [3.8, 4) is 0 Å². The van der Waals surface area contributed by atoms with Crippen LogP contribution in [-0.4, -0.2) is 17.6 Å². The van der Waals surface area contributed by atoms with Crippen molar-refractivity contribution in [2.75, 3.05) is 6.54 Å². The van der Waals surface area contributed by atoms with Gasteiger partial charge in [-0.2, -0.15) is 0 Å². The maximum Gasteiger partial charge on any atom is 0.105 e. The molecule has 104 valence electrons. The van der Waals surface area contributed by atoms with Crippen LogP contribution in [0.2, 0.25) is 0 Å². The van der Waals surface area contributed by atoms with Crippen molar-refractivity contribution in [2.45, 2.75) is 25.8 Å². The minimum absolute atomic E-state index is 0.423. The van der Waals surface area contributed by atoms with Gasteiger partial charge in [0.2, 0.25) is 0 Å². The van der Waals surface area contributed by atoms with Crippen LogP contribution in [0.4, 0.5) is 0 Å². The van der Waals surface area contributed by atoms with E-state index in [-0.39, 0.29) is 0 Å². The van der Waals surface area contributed by atoms with E-state index in [0.29, 0.717) is 6.04 Å². The van der Waals surface area contributed by atoms with Crippen LogP contribution in [0.5, 0.6) is 0 Å². The molecule has 2 aromatic heterocycles. The molecule has 1 aromatic carbocycles. The monoisotopic (exact) mass is 268 g/mol. The Bertz CT molecular complexity index is 655. The van der Waals surface area contributed by atoms with Crippen LogP contribution in [0.1, 0.15) is 18.2 Å². The molecule has 2 N–H and O–H groups in total. The molecule has 0 fully saturated rings. The predicted molar refractivity (Wildman–Crippen MR) is 81.9 cm³/mol. The van der Waals surface area contributed by atoms with Crippen molar-refractivity contribution >= 4 is 10.9 Å². The number of aromatic amines is 1. The molecule has 1 atom stereocenters. The van der Waals surface area contributed by atoms with Crippen molar-refractivity contribution in [3.63, 3.8) is 0 Å². The second-order valence-corrected chi connectivity index (χ2v) is 5.25. The number of aromatic nitrogens is 1. The Kier molecular flexibility index (Phi) is 3.88. The van der Waals surface area contributed by atoms with Crippen molar-refractivity contribution in [1.29, 1.82) is 0 Å². The van der Waals surface area contributed by atoms with E-state index in [1.165, 1.54) is 16.5 Å². The number of furan rings is 1. The molecule has 3 rings (SSSR count). The van der Waals surface area contributed by atoms with Crippen LogP contribution in [0.25, 0.3) is 10.9 Å². The minimum atomic E-state index is 0.423. The van der Waals surface area contributed by atoms with Gasteiger partial charge in [0.1, 0.15) is 5.76 Å². The summed E-state index contributed by atoms with van der Waals surface area (Å²) in [5.41, 5.74) is 2.59. The molecule has 1 unspecified atom stereocenters. The van der Waals surface area contributed by atoms with Gasteiger partial charge < -0.3 is 14.7 Å². The summed E-state index contributed by atoms with van der Waals surface area (Å²) in [4.78, 5) is 3.32. The average molecular weight is 268 g/mol. The second-order valence-electron chi connectivity index (χ2n) is 5.25. The van der Waals surface area contributed by atoms with Gasteiger partial charge in [-0.3, -0.25) is 0 Å². The van der Waals surface area contributed by atoms with Gasteiger partial charge in [-0.15, -0.1) is 0 Å². The predicted octanol–water partition coefficient (Wildman–Crippen LogP) is 3.52. The topological polar surface area (TPSA) is 41.0 Å². The van der Waals surface area contributed by atoms with Crippen molar-refractivity contribution in [2.24, 2.45) is 0 Å². The molecule has 3 aromatic rings. The second kappa shape index (κ2) is 5.97. The number of hydrogen-bond donors (Lipinski definition) is 2. The molecule has 0 saturated carbocycles. The number of benzene rings is 1. The lowest BCUT2D eigenvalue weighted by molar-refractivity contribution is 0.458. The Labute approximate surface area is 119 Å². The number of H-pyrrole nitrogens is 1. The van der Waals surface area contributed by atoms with E-state index in [1.54, 1.807) is 6.26 Å². The van der Waals surface area contributed by atoms with Gasteiger partial charge in [-0.05, 0) is 43.7 Å². The molecule has 0 aliphatic rings. The first kappa shape index (κ1) is 13.0. The minimum Gasteiger partial charge on any atom is -0.469 e. The number of fused-ring (bicyclic) bond motifs is 1. The lowest BCUT2D eigenvalue weighted by Gasteiger charge is -2.12. The summed E-state index contributed by atoms with van der Waals surface area (Å²) >= 11 is 0. The highest BCUT2D eigenvalue weighted by Crippen LogP contribution is 2.17. The van der Waals surface area contributed by atoms with Crippen molar-refractivity contribution in [3.05, 3.63) is 60.2 Å². The van der Waals surface area contributed by atoms with E-state index in [1.807, 2.05) is 12.1 Å². The molecule has 20 heavy (non-hydrogen) atoms. The van der Waals surface area contributed by atoms with Gasteiger partial charge in [0, 0.05) is 29.6 Å². The molecule has 0 bridgehead atoms. The number of para-hydroxylation sites is 1. The molecule has 0 radical (unpaired) electrons. The first-order valence-corrected chi connectivity index (χ1v) is 7.13. The summed E-state index contributed by atoms with van der Waals surface area (Å²) < 4.78 is 5.37. The maximum absolute atomic E-state index is 5.37. The largest absolute Gasteiger partial charge is 0.469 e. The fourth-order valence-corrected chi connectivity index (χ4v) is 2.59. The van der Waals surface area contributed by atoms with Crippen LogP contribution < -0.4 is 5.32 Å². The molecular weight excluding hydrogens is 248 g/mol. The highest BCUT2D eigenvalue weighted by molar-refractivity contribution is 5.83. The summed E-state index contributed by atoms with van der Waals surface area (Å²) in [6, 6.07) is 12.8. The molecule has 0 amide bonds. The molecule has 0 spiro atoms. The Morgan fingerprint density at radius 3 is 2.95 bits per heavy atom. The molecule has 3 nitrogen and oxygen atoms in total. The van der Waals surface area contributed by atoms with E-state index >= 15 is 0 Å². The molecular formula is C17H20N2O. The SMILES string of the molecule is CC(Cc1ccco1)NCCc1c[nH]c2ccccc12. The maximum atomic E-state index is 5.37. The van der Waals surface area contributed by atoms with Gasteiger partial charge in [0.15, 0.2) is 0 Å². The van der Waals surface area contributed by atoms with E-state index in [9.17, 15) is 0 Å². The van der Waals surface area contributed by atoms with Gasteiger partial charge in [0.05, 0.1) is 6.26 Å². The van der Waals surface area contributed by atoms with Crippen LogP contribution in [0.3, 0.4) is 0 Å². The Morgan fingerprint density at radius 2 is 2.10 bits per heavy atom. The zero-order valence-corrected chi connectivity index (χ0v) is 11.7. The number of rotatable bonds is 6. The highest BCUT2D eigenvalue weighted by Gasteiger charge is 2.06. The number of hydrogen-bond acceptors (Lipinski definition) is 2. The van der Waals surface area contributed by atoms with Gasteiger partial charge in [-0.1, -0.05) is 18.2 Å². The van der Waals surface area contributed by atoms with Crippen LogP contribution in [0.15, 0.2) is 53.3 Å². The Hall–Kier alpha value is -2.00. The van der Waals surface area contributed by atoms with Crippen LogP contribution >= 0.6 is 0 Å². The van der Waals surface area contributed by atoms with E-state index in [2.05, 4.69) is 47.7 Å². The third kappa shape index (κ3) is 2.94. The smallest absolute Gasteiger partial charge is 0.105 e. The van der Waals surface area contributed by atoms with Crippen LogP contribution in [0, 0.1) is 0 Å². The van der Waals surface area contributed by atoms with E-state index < -0.39 is 0 Å². The standard InChI is InChI=1S/C17H20N2O/c1-13(11-15-5-4-10-20-15)18-9-8-14-12-19-17-7-3-2-6-16(14)17/h2-7,10,12-13,18-19H,8-9,11H2,1H3. The lowest BCUT2D eigenvalue weighted by Crippen LogP contribution is -2.29. The van der Waals surface area contributed by atoms with Gasteiger partial charge in [0.25, 0.3) is 0 Å². The summed E-state index contributed by atoms with van der Waals surface area (Å²) in [5, 5.41) is 4.88. The third-order valence-electron chi connectivity index (χ3n) is 3.65.